The van der Waals surface area contributed by atoms with Crippen LogP contribution in [0.5, 0.6) is 0 Å². The Kier molecular flexibility index (Phi) is 4.55. The molecule has 0 aromatic rings. The molecule has 3 heteroatoms. The maximum absolute atomic E-state index is 11.0. The van der Waals surface area contributed by atoms with Gasteiger partial charge in [0.2, 0.25) is 0 Å². The molecule has 0 amide bonds. The van der Waals surface area contributed by atoms with E-state index in [4.69, 9.17) is 0 Å². The predicted octanol–water partition coefficient (Wildman–Crippen LogP) is 1.41. The Bertz CT molecular complexity index is 173. The van der Waals surface area contributed by atoms with Crippen molar-refractivity contribution in [2.45, 2.75) is 27.2 Å². The molecule has 0 N–H and O–H groups in total. The van der Waals surface area contributed by atoms with Crippen LogP contribution >= 0.6 is 0 Å². The highest BCUT2D eigenvalue weighted by molar-refractivity contribution is 5.83. The summed E-state index contributed by atoms with van der Waals surface area (Å²) in [5, 5.41) is 0. The highest BCUT2D eigenvalue weighted by Gasteiger charge is 2.21. The Hall–Kier alpha value is -0.860. The topological polar surface area (TPSA) is 43.4 Å². The van der Waals surface area contributed by atoms with Crippen LogP contribution in [0.2, 0.25) is 0 Å². The minimum atomic E-state index is -0.316. The van der Waals surface area contributed by atoms with Gasteiger partial charge in [0.25, 0.3) is 0 Å². The summed E-state index contributed by atoms with van der Waals surface area (Å²) >= 11 is 0. The second-order valence-corrected chi connectivity index (χ2v) is 3.24. The first-order valence-electron chi connectivity index (χ1n) is 4.06. The monoisotopic (exact) mass is 172 g/mol. The van der Waals surface area contributed by atoms with Gasteiger partial charge in [-0.2, -0.15) is 0 Å². The average Bonchev–Trinajstić information content (AvgIpc) is 1.98. The van der Waals surface area contributed by atoms with Gasteiger partial charge in [-0.3, -0.25) is 9.59 Å². The average molecular weight is 172 g/mol. The molecule has 0 fully saturated rings. The van der Waals surface area contributed by atoms with Gasteiger partial charge >= 0.3 is 5.97 Å². The summed E-state index contributed by atoms with van der Waals surface area (Å²) in [5.74, 6) is -0.265. The van der Waals surface area contributed by atoms with E-state index in [-0.39, 0.29) is 30.0 Å². The van der Waals surface area contributed by atoms with Crippen LogP contribution in [0.4, 0.5) is 0 Å². The smallest absolute Gasteiger partial charge is 0.306 e. The number of carbonyl (C=O) groups is 2. The zero-order valence-corrected chi connectivity index (χ0v) is 8.09. The van der Waals surface area contributed by atoms with Gasteiger partial charge in [-0.05, 0) is 12.8 Å². The van der Waals surface area contributed by atoms with Crippen LogP contribution < -0.4 is 0 Å². The number of rotatable bonds is 4. The van der Waals surface area contributed by atoms with Crippen molar-refractivity contribution in [3.63, 3.8) is 0 Å². The lowest BCUT2D eigenvalue weighted by Crippen LogP contribution is -2.21. The third kappa shape index (κ3) is 3.51. The van der Waals surface area contributed by atoms with E-state index in [2.05, 4.69) is 4.74 Å². The van der Waals surface area contributed by atoms with Crippen LogP contribution in [-0.2, 0) is 14.3 Å². The maximum atomic E-state index is 11.0. The second kappa shape index (κ2) is 4.91. The normalized spacial score (nSPS) is 12.8. The van der Waals surface area contributed by atoms with Crippen molar-refractivity contribution in [2.24, 2.45) is 11.8 Å². The van der Waals surface area contributed by atoms with Crippen molar-refractivity contribution in [1.82, 2.24) is 0 Å². The van der Waals surface area contributed by atoms with Gasteiger partial charge in [-0.25, -0.2) is 0 Å². The molecule has 0 saturated carbocycles. The molecule has 0 bridgehead atoms. The van der Waals surface area contributed by atoms with E-state index in [1.165, 1.54) is 14.0 Å². The molecule has 0 aliphatic carbocycles. The lowest BCUT2D eigenvalue weighted by atomic mass is 9.89. The molecule has 0 aliphatic heterocycles. The minimum Gasteiger partial charge on any atom is -0.469 e. The molecule has 0 radical (unpaired) electrons. The fourth-order valence-corrected chi connectivity index (χ4v) is 1.11. The van der Waals surface area contributed by atoms with Gasteiger partial charge in [0.15, 0.2) is 0 Å². The molecule has 0 rings (SSSR count). The van der Waals surface area contributed by atoms with E-state index in [1.54, 1.807) is 0 Å². The van der Waals surface area contributed by atoms with Crippen LogP contribution in [0.15, 0.2) is 0 Å². The van der Waals surface area contributed by atoms with E-state index < -0.39 is 0 Å². The van der Waals surface area contributed by atoms with E-state index >= 15 is 0 Å². The maximum Gasteiger partial charge on any atom is 0.306 e. The third-order valence-corrected chi connectivity index (χ3v) is 1.94. The quantitative estimate of drug-likeness (QED) is 0.602. The SMILES string of the molecule is COC(=O)CC(C(C)=O)C(C)C. The molecule has 1 atom stereocenters. The lowest BCUT2D eigenvalue weighted by molar-refractivity contribution is -0.144. The molecule has 1 unspecified atom stereocenters. The Morgan fingerprint density at radius 3 is 2.08 bits per heavy atom. The number of hydrogen-bond acceptors (Lipinski definition) is 3. The summed E-state index contributed by atoms with van der Waals surface area (Å²) in [6.07, 6.45) is 0.198. The van der Waals surface area contributed by atoms with Crippen LogP contribution in [0, 0.1) is 11.8 Å². The first kappa shape index (κ1) is 11.1. The standard InChI is InChI=1S/C9H16O3/c1-6(2)8(7(3)10)5-9(11)12-4/h6,8H,5H2,1-4H3. The first-order valence-corrected chi connectivity index (χ1v) is 4.06. The number of methoxy groups -OCH3 is 1. The Balaban J connectivity index is 4.14. The number of ketones is 1. The van der Waals surface area contributed by atoms with Crippen molar-refractivity contribution >= 4 is 11.8 Å². The minimum absolute atomic E-state index is 0.0513. The molecule has 0 heterocycles. The van der Waals surface area contributed by atoms with Crippen LogP contribution in [0.25, 0.3) is 0 Å². The van der Waals surface area contributed by atoms with Gasteiger partial charge in [-0.15, -0.1) is 0 Å². The molecular formula is C9H16O3. The zero-order chi connectivity index (χ0) is 9.72. The summed E-state index contributed by atoms with van der Waals surface area (Å²) in [7, 11) is 1.33. The summed E-state index contributed by atoms with van der Waals surface area (Å²) in [4.78, 5) is 21.9. The van der Waals surface area contributed by atoms with Gasteiger partial charge in [0.05, 0.1) is 13.5 Å². The van der Waals surface area contributed by atoms with Gasteiger partial charge in [0.1, 0.15) is 5.78 Å². The summed E-state index contributed by atoms with van der Waals surface area (Å²) in [6.45, 7) is 5.36. The number of esters is 1. The predicted molar refractivity (Wildman–Crippen MR) is 45.6 cm³/mol. The number of hydrogen-bond donors (Lipinski definition) is 0. The molecule has 0 aliphatic rings. The van der Waals surface area contributed by atoms with Crippen molar-refractivity contribution in [3.05, 3.63) is 0 Å². The van der Waals surface area contributed by atoms with E-state index in [9.17, 15) is 9.59 Å². The number of carbonyl (C=O) groups excluding carboxylic acids is 2. The Morgan fingerprint density at radius 2 is 1.83 bits per heavy atom. The molecule has 12 heavy (non-hydrogen) atoms. The van der Waals surface area contributed by atoms with E-state index in [0.29, 0.717) is 0 Å². The van der Waals surface area contributed by atoms with Crippen molar-refractivity contribution in [1.29, 1.82) is 0 Å². The zero-order valence-electron chi connectivity index (χ0n) is 8.09. The van der Waals surface area contributed by atoms with Crippen LogP contribution in [0.1, 0.15) is 27.2 Å². The van der Waals surface area contributed by atoms with Crippen LogP contribution in [0.3, 0.4) is 0 Å². The largest absolute Gasteiger partial charge is 0.469 e. The van der Waals surface area contributed by atoms with E-state index in [1.807, 2.05) is 13.8 Å². The van der Waals surface area contributed by atoms with Gasteiger partial charge in [0, 0.05) is 5.92 Å². The molecule has 70 valence electrons. The van der Waals surface area contributed by atoms with Crippen molar-refractivity contribution < 1.29 is 14.3 Å². The molecule has 0 saturated heterocycles. The van der Waals surface area contributed by atoms with Gasteiger partial charge < -0.3 is 4.74 Å². The summed E-state index contributed by atoms with van der Waals surface area (Å²) < 4.78 is 4.49. The molecule has 0 aromatic carbocycles. The first-order chi connectivity index (χ1) is 5.49. The van der Waals surface area contributed by atoms with Crippen LogP contribution in [-0.4, -0.2) is 18.9 Å². The number of Topliss-reactive ketones (excluding diaryl/α,β-unsaturated/α-hetero) is 1. The molecule has 0 aromatic heterocycles. The molecular weight excluding hydrogens is 156 g/mol. The highest BCUT2D eigenvalue weighted by atomic mass is 16.5. The second-order valence-electron chi connectivity index (χ2n) is 3.24. The number of ether oxygens (including phenoxy) is 1. The Labute approximate surface area is 73.1 Å². The van der Waals surface area contributed by atoms with Crippen molar-refractivity contribution in [2.75, 3.05) is 7.11 Å². The molecule has 3 nitrogen and oxygen atoms in total. The van der Waals surface area contributed by atoms with Crippen molar-refractivity contribution in [3.8, 4) is 0 Å². The molecule has 0 spiro atoms. The Morgan fingerprint density at radius 1 is 1.33 bits per heavy atom. The summed E-state index contributed by atoms with van der Waals surface area (Å²) in [6, 6.07) is 0. The van der Waals surface area contributed by atoms with Gasteiger partial charge in [-0.1, -0.05) is 13.8 Å². The highest BCUT2D eigenvalue weighted by Crippen LogP contribution is 2.16. The fraction of sp³-hybridized carbons (Fsp3) is 0.778. The summed E-state index contributed by atoms with van der Waals surface area (Å²) in [5.41, 5.74) is 0. The van der Waals surface area contributed by atoms with E-state index in [0.717, 1.165) is 0 Å². The lowest BCUT2D eigenvalue weighted by Gasteiger charge is -2.15. The fourth-order valence-electron chi connectivity index (χ4n) is 1.11. The third-order valence-electron chi connectivity index (χ3n) is 1.94.